The molecule has 1 N–H and O–H groups in total. The normalized spacial score (nSPS) is 10.7. The summed E-state index contributed by atoms with van der Waals surface area (Å²) in [5.74, 6) is 0.352. The minimum Gasteiger partial charge on any atom is -0.486 e. The summed E-state index contributed by atoms with van der Waals surface area (Å²) in [4.78, 5) is 37.5. The van der Waals surface area contributed by atoms with Gasteiger partial charge in [0.1, 0.15) is 17.4 Å². The van der Waals surface area contributed by atoms with Crippen molar-refractivity contribution < 1.29 is 23.9 Å². The van der Waals surface area contributed by atoms with Crippen LogP contribution in [0, 0.1) is 6.92 Å². The van der Waals surface area contributed by atoms with Crippen LogP contribution in [0.2, 0.25) is 0 Å². The van der Waals surface area contributed by atoms with E-state index in [4.69, 9.17) is 9.47 Å². The average Bonchev–Trinajstić information content (AvgIpc) is 3.37. The average molecular weight is 503 g/mol. The zero-order valence-electron chi connectivity index (χ0n) is 19.4. The molecule has 3 rings (SSSR count). The van der Waals surface area contributed by atoms with Gasteiger partial charge in [0.15, 0.2) is 16.8 Å². The summed E-state index contributed by atoms with van der Waals surface area (Å²) in [5, 5.41) is 12.0. The number of esters is 1. The molecule has 0 saturated heterocycles. The van der Waals surface area contributed by atoms with Gasteiger partial charge < -0.3 is 19.4 Å². The van der Waals surface area contributed by atoms with Crippen molar-refractivity contribution in [1.82, 2.24) is 14.8 Å². The van der Waals surface area contributed by atoms with E-state index in [1.165, 1.54) is 18.7 Å². The molecule has 0 aliphatic rings. The molecule has 0 atom stereocenters. The van der Waals surface area contributed by atoms with E-state index in [9.17, 15) is 14.4 Å². The van der Waals surface area contributed by atoms with Crippen LogP contribution < -0.4 is 10.1 Å². The fourth-order valence-corrected chi connectivity index (χ4v) is 5.12. The third kappa shape index (κ3) is 6.03. The molecular weight excluding hydrogens is 476 g/mol. The van der Waals surface area contributed by atoms with Crippen LogP contribution in [-0.2, 0) is 22.7 Å². The van der Waals surface area contributed by atoms with Gasteiger partial charge in [-0.3, -0.25) is 9.59 Å². The van der Waals surface area contributed by atoms with Gasteiger partial charge in [-0.2, -0.15) is 0 Å². The maximum Gasteiger partial charge on any atom is 0.341 e. The van der Waals surface area contributed by atoms with Crippen LogP contribution in [0.1, 0.15) is 52.2 Å². The fourth-order valence-electron chi connectivity index (χ4n) is 3.19. The number of ether oxygens (including phenoxy) is 2. The molecule has 2 aromatic heterocycles. The molecule has 0 unspecified atom stereocenters. The van der Waals surface area contributed by atoms with Crippen LogP contribution >= 0.6 is 23.1 Å². The van der Waals surface area contributed by atoms with E-state index in [0.717, 1.165) is 17.1 Å². The van der Waals surface area contributed by atoms with E-state index in [-0.39, 0.29) is 36.2 Å². The molecule has 0 fully saturated rings. The van der Waals surface area contributed by atoms with Gasteiger partial charge >= 0.3 is 5.97 Å². The third-order valence-electron chi connectivity index (χ3n) is 4.75. The lowest BCUT2D eigenvalue weighted by molar-refractivity contribution is -0.113. The second-order valence-electron chi connectivity index (χ2n) is 7.12. The van der Waals surface area contributed by atoms with Crippen molar-refractivity contribution in [3.8, 4) is 5.75 Å². The van der Waals surface area contributed by atoms with Crippen LogP contribution in [0.3, 0.4) is 0 Å². The Bertz CT molecular complexity index is 1170. The molecule has 3 aromatic rings. The van der Waals surface area contributed by atoms with Gasteiger partial charge in [0.2, 0.25) is 5.91 Å². The number of nitrogens with one attached hydrogen (secondary N) is 1. The van der Waals surface area contributed by atoms with Crippen LogP contribution in [0.25, 0.3) is 0 Å². The highest BCUT2D eigenvalue weighted by Crippen LogP contribution is 2.34. The van der Waals surface area contributed by atoms with Gasteiger partial charge in [-0.25, -0.2) is 4.79 Å². The van der Waals surface area contributed by atoms with Crippen LogP contribution in [0.15, 0.2) is 35.5 Å². The largest absolute Gasteiger partial charge is 0.486 e. The Morgan fingerprint density at radius 2 is 1.88 bits per heavy atom. The van der Waals surface area contributed by atoms with Crippen LogP contribution in [0.5, 0.6) is 5.75 Å². The Morgan fingerprint density at radius 1 is 1.15 bits per heavy atom. The molecule has 1 aromatic carbocycles. The Balaban J connectivity index is 1.67. The number of para-hydroxylation sites is 1. The van der Waals surface area contributed by atoms with Crippen LogP contribution in [-0.4, -0.2) is 44.8 Å². The first kappa shape index (κ1) is 25.4. The number of benzene rings is 1. The number of nitrogens with zero attached hydrogens (tertiary/aromatic N) is 3. The first-order chi connectivity index (χ1) is 16.3. The number of amides is 1. The lowest BCUT2D eigenvalue weighted by Gasteiger charge is -2.09. The number of aromatic nitrogens is 3. The van der Waals surface area contributed by atoms with Gasteiger partial charge in [0, 0.05) is 6.54 Å². The second kappa shape index (κ2) is 11.8. The summed E-state index contributed by atoms with van der Waals surface area (Å²) in [6, 6.07) is 9.42. The van der Waals surface area contributed by atoms with E-state index >= 15 is 0 Å². The minimum absolute atomic E-state index is 0.0479. The quantitative estimate of drug-likeness (QED) is 0.234. The van der Waals surface area contributed by atoms with Gasteiger partial charge in [0.05, 0.1) is 22.8 Å². The molecular formula is C23H26N4O5S2. The summed E-state index contributed by atoms with van der Waals surface area (Å²) in [6.45, 7) is 7.81. The lowest BCUT2D eigenvalue weighted by Crippen LogP contribution is -2.17. The van der Waals surface area contributed by atoms with Crippen molar-refractivity contribution in [1.29, 1.82) is 0 Å². The first-order valence-corrected chi connectivity index (χ1v) is 12.5. The predicted molar refractivity (Wildman–Crippen MR) is 131 cm³/mol. The van der Waals surface area contributed by atoms with Crippen molar-refractivity contribution in [2.45, 2.75) is 46.0 Å². The highest BCUT2D eigenvalue weighted by Gasteiger charge is 2.25. The van der Waals surface area contributed by atoms with Crippen molar-refractivity contribution in [2.24, 2.45) is 0 Å². The Kier molecular flexibility index (Phi) is 8.83. The number of hydrogen-bond donors (Lipinski definition) is 1. The van der Waals surface area contributed by atoms with E-state index in [1.54, 1.807) is 13.8 Å². The van der Waals surface area contributed by atoms with Crippen LogP contribution in [0.4, 0.5) is 5.00 Å². The number of carbonyl (C=O) groups excluding carboxylic acids is 3. The van der Waals surface area contributed by atoms with E-state index in [0.29, 0.717) is 33.0 Å². The van der Waals surface area contributed by atoms with Gasteiger partial charge in [-0.05, 0) is 45.4 Å². The number of hydrogen-bond acceptors (Lipinski definition) is 9. The van der Waals surface area contributed by atoms with Gasteiger partial charge in [-0.15, -0.1) is 21.5 Å². The number of anilines is 1. The topological polar surface area (TPSA) is 112 Å². The van der Waals surface area contributed by atoms with Gasteiger partial charge in [0.25, 0.3) is 0 Å². The third-order valence-corrected chi connectivity index (χ3v) is 7.03. The van der Waals surface area contributed by atoms with E-state index < -0.39 is 5.97 Å². The van der Waals surface area contributed by atoms with Crippen molar-refractivity contribution in [3.05, 3.63) is 52.2 Å². The smallest absolute Gasteiger partial charge is 0.341 e. The molecule has 0 aliphatic carbocycles. The molecule has 0 spiro atoms. The molecule has 11 heteroatoms. The summed E-state index contributed by atoms with van der Waals surface area (Å²) < 4.78 is 12.7. The number of rotatable bonds is 11. The maximum atomic E-state index is 12.7. The number of ketones is 1. The number of thioether (sulfide) groups is 1. The molecule has 180 valence electrons. The Morgan fingerprint density at radius 3 is 2.53 bits per heavy atom. The van der Waals surface area contributed by atoms with Crippen molar-refractivity contribution in [3.63, 3.8) is 0 Å². The number of Topliss-reactive ketones (excluding diaryl/α,β-unsaturated/α-hetero) is 1. The summed E-state index contributed by atoms with van der Waals surface area (Å²) in [5.41, 5.74) is 0.722. The maximum absolute atomic E-state index is 12.7. The summed E-state index contributed by atoms with van der Waals surface area (Å²) >= 11 is 2.30. The summed E-state index contributed by atoms with van der Waals surface area (Å²) in [7, 11) is 0. The van der Waals surface area contributed by atoms with E-state index in [1.807, 2.05) is 41.8 Å². The molecule has 1 amide bonds. The number of thiophene rings is 1. The lowest BCUT2D eigenvalue weighted by atomic mass is 10.1. The second-order valence-corrected chi connectivity index (χ2v) is 9.08. The first-order valence-electron chi connectivity index (χ1n) is 10.7. The van der Waals surface area contributed by atoms with Gasteiger partial charge in [-0.1, -0.05) is 30.0 Å². The SMILES string of the molecule is CCOC(=O)c1c(NC(=O)CSc2nnc(COc3ccccc3)n2CC)sc(C(C)=O)c1C. The highest BCUT2D eigenvalue weighted by atomic mass is 32.2. The highest BCUT2D eigenvalue weighted by molar-refractivity contribution is 7.99. The molecule has 2 heterocycles. The molecule has 9 nitrogen and oxygen atoms in total. The zero-order valence-corrected chi connectivity index (χ0v) is 21.0. The molecule has 0 bridgehead atoms. The summed E-state index contributed by atoms with van der Waals surface area (Å²) in [6.07, 6.45) is 0. The Hall–Kier alpha value is -3.18. The molecule has 0 saturated carbocycles. The molecule has 0 aliphatic heterocycles. The number of carbonyl (C=O) groups is 3. The Labute approximate surface area is 205 Å². The standard InChI is InChI=1S/C23H26N4O5S2/c1-5-27-17(12-32-16-10-8-7-9-11-16)25-26-23(27)33-13-18(29)24-21-19(22(30)31-6-2)14(3)20(34-21)15(4)28/h7-11H,5-6,12-13H2,1-4H3,(H,24,29). The van der Waals surface area contributed by atoms with Crippen molar-refractivity contribution >= 4 is 45.8 Å². The van der Waals surface area contributed by atoms with Crippen molar-refractivity contribution in [2.75, 3.05) is 17.7 Å². The molecule has 34 heavy (non-hydrogen) atoms. The van der Waals surface area contributed by atoms with E-state index in [2.05, 4.69) is 15.5 Å². The monoisotopic (exact) mass is 502 g/mol. The fraction of sp³-hybridized carbons (Fsp3) is 0.348. The zero-order chi connectivity index (χ0) is 24.7. The molecule has 0 radical (unpaired) electrons. The predicted octanol–water partition coefficient (Wildman–Crippen LogP) is 4.36. The minimum atomic E-state index is -0.569.